The first-order valence-corrected chi connectivity index (χ1v) is 7.79. The zero-order valence-corrected chi connectivity index (χ0v) is 12.1. The molecule has 0 radical (unpaired) electrons. The molecule has 2 atom stereocenters. The molecule has 0 N–H and O–H groups in total. The first-order valence-electron chi connectivity index (χ1n) is 5.62. The maximum atomic E-state index is 4.54. The van der Waals surface area contributed by atoms with Gasteiger partial charge < -0.3 is 4.90 Å². The van der Waals surface area contributed by atoms with Crippen LogP contribution in [-0.4, -0.2) is 28.6 Å². The number of hydrogen-bond acceptors (Lipinski definition) is 3. The number of rotatable bonds is 2. The summed E-state index contributed by atoms with van der Waals surface area (Å²) in [4.78, 5) is 6.99. The lowest BCUT2D eigenvalue weighted by Gasteiger charge is -2.39. The highest BCUT2D eigenvalue weighted by atomic mass is 79.9. The van der Waals surface area contributed by atoms with Crippen LogP contribution in [0.15, 0.2) is 18.3 Å². The van der Waals surface area contributed by atoms with Crippen LogP contribution in [0.1, 0.15) is 19.4 Å². The van der Waals surface area contributed by atoms with Crippen molar-refractivity contribution in [1.29, 1.82) is 0 Å². The molecule has 0 saturated carbocycles. The van der Waals surface area contributed by atoms with E-state index in [4.69, 9.17) is 0 Å². The van der Waals surface area contributed by atoms with Crippen LogP contribution in [0.4, 0.5) is 5.82 Å². The van der Waals surface area contributed by atoms with Gasteiger partial charge >= 0.3 is 0 Å². The minimum absolute atomic E-state index is 0.562. The minimum Gasteiger partial charge on any atom is -0.352 e. The number of thioether (sulfide) groups is 1. The van der Waals surface area contributed by atoms with Crippen LogP contribution < -0.4 is 4.90 Å². The van der Waals surface area contributed by atoms with Gasteiger partial charge in [-0.2, -0.15) is 11.8 Å². The number of aromatic nitrogens is 1. The molecule has 1 aliphatic rings. The second kappa shape index (κ2) is 5.41. The maximum absolute atomic E-state index is 4.54. The van der Waals surface area contributed by atoms with E-state index in [9.17, 15) is 0 Å². The van der Waals surface area contributed by atoms with Crippen molar-refractivity contribution in [2.45, 2.75) is 30.5 Å². The molecule has 2 unspecified atom stereocenters. The number of nitrogens with zero attached hydrogens (tertiary/aromatic N) is 2. The Morgan fingerprint density at radius 3 is 3.12 bits per heavy atom. The molecule has 88 valence electrons. The lowest BCUT2D eigenvalue weighted by molar-refractivity contribution is 0.618. The first kappa shape index (κ1) is 12.2. The van der Waals surface area contributed by atoms with Crippen LogP contribution in [0.3, 0.4) is 0 Å². The molecule has 0 spiro atoms. The Balaban J connectivity index is 2.28. The van der Waals surface area contributed by atoms with Crippen molar-refractivity contribution in [2.24, 2.45) is 0 Å². The van der Waals surface area contributed by atoms with Gasteiger partial charge in [0, 0.05) is 40.7 Å². The monoisotopic (exact) mass is 300 g/mol. The molecule has 1 aromatic heterocycles. The van der Waals surface area contributed by atoms with Gasteiger partial charge in [-0.15, -0.1) is 0 Å². The topological polar surface area (TPSA) is 16.1 Å². The zero-order chi connectivity index (χ0) is 11.5. The lowest BCUT2D eigenvalue weighted by Crippen LogP contribution is -2.45. The molecule has 1 aliphatic heterocycles. The molecule has 0 aliphatic carbocycles. The van der Waals surface area contributed by atoms with Crippen molar-refractivity contribution in [3.05, 3.63) is 23.9 Å². The van der Waals surface area contributed by atoms with Gasteiger partial charge in [-0.05, 0) is 13.0 Å². The number of anilines is 1. The van der Waals surface area contributed by atoms with E-state index >= 15 is 0 Å². The Labute approximate surface area is 110 Å². The summed E-state index contributed by atoms with van der Waals surface area (Å²) in [5, 5.41) is 1.56. The molecular formula is C12H17BrN2S. The molecule has 1 fully saturated rings. The highest BCUT2D eigenvalue weighted by Gasteiger charge is 2.27. The van der Waals surface area contributed by atoms with Gasteiger partial charge in [0.1, 0.15) is 5.82 Å². The Kier molecular flexibility index (Phi) is 4.14. The van der Waals surface area contributed by atoms with Gasteiger partial charge in [-0.25, -0.2) is 4.98 Å². The molecule has 0 amide bonds. The number of hydrogen-bond donors (Lipinski definition) is 0. The summed E-state index contributed by atoms with van der Waals surface area (Å²) in [7, 11) is 0. The number of pyridine rings is 1. The van der Waals surface area contributed by atoms with Crippen molar-refractivity contribution in [3.8, 4) is 0 Å². The average molecular weight is 301 g/mol. The highest BCUT2D eigenvalue weighted by molar-refractivity contribution is 9.08. The molecule has 2 rings (SSSR count). The second-order valence-corrected chi connectivity index (χ2v) is 6.18. The molecule has 0 aromatic carbocycles. The van der Waals surface area contributed by atoms with Crippen LogP contribution in [0.5, 0.6) is 0 Å². The Bertz CT molecular complexity index is 359. The van der Waals surface area contributed by atoms with Gasteiger partial charge in [0.25, 0.3) is 0 Å². The van der Waals surface area contributed by atoms with Crippen molar-refractivity contribution < 1.29 is 0 Å². The fourth-order valence-electron chi connectivity index (χ4n) is 2.03. The molecule has 1 saturated heterocycles. The standard InChI is InChI=1S/C12H17BrN2S/c1-9-10(2)16-7-6-15(9)12-11(8-13)4-3-5-14-12/h3-5,9-10H,6-8H2,1-2H3. The predicted octanol–water partition coefficient (Wildman–Crippen LogP) is 3.31. The van der Waals surface area contributed by atoms with Crippen LogP contribution in [0.25, 0.3) is 0 Å². The molecule has 0 bridgehead atoms. The van der Waals surface area contributed by atoms with Crippen molar-refractivity contribution in [3.63, 3.8) is 0 Å². The van der Waals surface area contributed by atoms with Crippen LogP contribution >= 0.6 is 27.7 Å². The molecule has 1 aromatic rings. The van der Waals surface area contributed by atoms with E-state index in [1.54, 1.807) is 0 Å². The Hall–Kier alpha value is -0.220. The molecule has 2 heterocycles. The second-order valence-electron chi connectivity index (χ2n) is 4.13. The SMILES string of the molecule is CC1SCCN(c2ncccc2CBr)C1C. The summed E-state index contributed by atoms with van der Waals surface area (Å²) >= 11 is 5.59. The van der Waals surface area contributed by atoms with E-state index in [0.29, 0.717) is 11.3 Å². The van der Waals surface area contributed by atoms with Crippen LogP contribution in [0, 0.1) is 0 Å². The van der Waals surface area contributed by atoms with Crippen LogP contribution in [0.2, 0.25) is 0 Å². The number of alkyl halides is 1. The Morgan fingerprint density at radius 2 is 2.38 bits per heavy atom. The summed E-state index contributed by atoms with van der Waals surface area (Å²) in [6, 6.07) is 4.72. The highest BCUT2D eigenvalue weighted by Crippen LogP contribution is 2.30. The summed E-state index contributed by atoms with van der Waals surface area (Å²) in [5.74, 6) is 2.35. The third kappa shape index (κ3) is 2.38. The molecule has 16 heavy (non-hydrogen) atoms. The van der Waals surface area contributed by atoms with E-state index < -0.39 is 0 Å². The average Bonchev–Trinajstić information content (AvgIpc) is 2.33. The van der Waals surface area contributed by atoms with Crippen LogP contribution in [-0.2, 0) is 5.33 Å². The largest absolute Gasteiger partial charge is 0.352 e. The first-order chi connectivity index (χ1) is 7.74. The maximum Gasteiger partial charge on any atom is 0.132 e. The van der Waals surface area contributed by atoms with E-state index in [1.807, 2.05) is 12.3 Å². The van der Waals surface area contributed by atoms with Crippen molar-refractivity contribution >= 4 is 33.5 Å². The normalized spacial score (nSPS) is 25.8. The Morgan fingerprint density at radius 1 is 1.56 bits per heavy atom. The summed E-state index contributed by atoms with van der Waals surface area (Å²) in [6.45, 7) is 5.70. The molecule has 4 heteroatoms. The third-order valence-corrected chi connectivity index (χ3v) is 5.11. The van der Waals surface area contributed by atoms with Gasteiger partial charge in [0.2, 0.25) is 0 Å². The van der Waals surface area contributed by atoms with E-state index in [-0.39, 0.29) is 0 Å². The lowest BCUT2D eigenvalue weighted by atomic mass is 10.1. The molecule has 2 nitrogen and oxygen atoms in total. The van der Waals surface area contributed by atoms with E-state index in [0.717, 1.165) is 17.7 Å². The third-order valence-electron chi connectivity index (χ3n) is 3.17. The van der Waals surface area contributed by atoms with E-state index in [2.05, 4.69) is 57.5 Å². The minimum atomic E-state index is 0.562. The predicted molar refractivity (Wildman–Crippen MR) is 75.6 cm³/mol. The fraction of sp³-hybridized carbons (Fsp3) is 0.583. The van der Waals surface area contributed by atoms with Gasteiger partial charge in [-0.3, -0.25) is 0 Å². The van der Waals surface area contributed by atoms with Crippen molar-refractivity contribution in [1.82, 2.24) is 4.98 Å². The smallest absolute Gasteiger partial charge is 0.132 e. The quantitative estimate of drug-likeness (QED) is 0.780. The van der Waals surface area contributed by atoms with E-state index in [1.165, 1.54) is 11.3 Å². The van der Waals surface area contributed by atoms with Gasteiger partial charge in [-0.1, -0.05) is 28.9 Å². The summed E-state index contributed by atoms with van der Waals surface area (Å²) in [6.07, 6.45) is 1.89. The fourth-order valence-corrected chi connectivity index (χ4v) is 3.56. The number of halogens is 1. The van der Waals surface area contributed by atoms with Crippen molar-refractivity contribution in [2.75, 3.05) is 17.2 Å². The summed E-state index contributed by atoms with van der Waals surface area (Å²) in [5.41, 5.74) is 1.29. The summed E-state index contributed by atoms with van der Waals surface area (Å²) < 4.78 is 0. The molecular weight excluding hydrogens is 284 g/mol. The zero-order valence-electron chi connectivity index (χ0n) is 9.69. The van der Waals surface area contributed by atoms with Gasteiger partial charge in [0.05, 0.1) is 0 Å². The van der Waals surface area contributed by atoms with Gasteiger partial charge in [0.15, 0.2) is 0 Å².